The predicted octanol–water partition coefficient (Wildman–Crippen LogP) is 6.88. The summed E-state index contributed by atoms with van der Waals surface area (Å²) in [7, 11) is 0. The van der Waals surface area contributed by atoms with E-state index in [1.807, 2.05) is 60.7 Å². The second kappa shape index (κ2) is 26.6. The maximum absolute atomic E-state index is 12.4. The van der Waals surface area contributed by atoms with Crippen LogP contribution < -0.4 is 9.80 Å². The van der Waals surface area contributed by atoms with Gasteiger partial charge in [-0.1, -0.05) is 64.1 Å². The number of rotatable bonds is 26. The number of benzene rings is 2. The Hall–Kier alpha value is -6.18. The van der Waals surface area contributed by atoms with E-state index in [4.69, 9.17) is 18.9 Å². The van der Waals surface area contributed by atoms with Gasteiger partial charge in [0.25, 0.3) is 0 Å². The monoisotopic (exact) mass is 796 g/mol. The molecule has 0 aliphatic carbocycles. The minimum atomic E-state index is -0.818. The maximum atomic E-state index is 12.4. The first kappa shape index (κ1) is 48.0. The van der Waals surface area contributed by atoms with E-state index in [1.165, 1.54) is 26.0 Å². The Morgan fingerprint density at radius 3 is 1.24 bits per heavy atom. The second-order valence-corrected chi connectivity index (χ2v) is 13.5. The van der Waals surface area contributed by atoms with Crippen LogP contribution in [0, 0.1) is 22.7 Å². The van der Waals surface area contributed by atoms with E-state index >= 15 is 0 Å². The van der Waals surface area contributed by atoms with Gasteiger partial charge in [0.15, 0.2) is 0 Å². The van der Waals surface area contributed by atoms with Crippen LogP contribution in [-0.4, -0.2) is 87.7 Å². The van der Waals surface area contributed by atoms with E-state index in [0.717, 1.165) is 50.1 Å². The first-order chi connectivity index (χ1) is 27.8. The molecule has 1 N–H and O–H groups in total. The molecule has 0 aromatic heterocycles. The van der Waals surface area contributed by atoms with Gasteiger partial charge in [-0.3, -0.25) is 0 Å². The molecule has 0 saturated heterocycles. The number of hydrogen-bond acceptors (Lipinski definition) is 13. The van der Waals surface area contributed by atoms with E-state index in [2.05, 4.69) is 36.8 Å². The first-order valence-corrected chi connectivity index (χ1v) is 19.4. The van der Waals surface area contributed by atoms with Gasteiger partial charge < -0.3 is 33.9 Å². The van der Waals surface area contributed by atoms with Gasteiger partial charge in [0.1, 0.15) is 49.7 Å². The van der Waals surface area contributed by atoms with Crippen molar-refractivity contribution in [3.05, 3.63) is 95.1 Å². The summed E-state index contributed by atoms with van der Waals surface area (Å²) in [4.78, 5) is 52.3. The molecule has 0 radical (unpaired) electrons. The van der Waals surface area contributed by atoms with Gasteiger partial charge in [-0.05, 0) is 87.1 Å². The molecule has 0 fully saturated rings. The molecular weight excluding hydrogens is 741 g/mol. The number of hydrogen-bond donors (Lipinski definition) is 1. The highest BCUT2D eigenvalue weighted by Crippen LogP contribution is 2.22. The SMILES string of the molecule is C=C(C)C(=O)OCCOC(=O)/C(C#N)=C/c1ccc(N(CCCC)CCC(O)CCN(CCCC)c2ccc(/C=C(\C#N)C(=O)OCCOC(=O)C(=C)C)cc2)cc1. The third-order valence-electron chi connectivity index (χ3n) is 8.64. The van der Waals surface area contributed by atoms with Crippen molar-refractivity contribution in [1.82, 2.24) is 0 Å². The molecule has 13 nitrogen and oxygen atoms in total. The third-order valence-corrected chi connectivity index (χ3v) is 8.64. The van der Waals surface area contributed by atoms with Gasteiger partial charge in [0, 0.05) is 48.7 Å². The zero-order valence-corrected chi connectivity index (χ0v) is 34.2. The summed E-state index contributed by atoms with van der Waals surface area (Å²) in [5, 5.41) is 30.2. The van der Waals surface area contributed by atoms with E-state index in [0.29, 0.717) is 37.1 Å². The van der Waals surface area contributed by atoms with E-state index in [1.54, 1.807) is 0 Å². The Kier molecular flexibility index (Phi) is 22.0. The lowest BCUT2D eigenvalue weighted by Crippen LogP contribution is -2.31. The zero-order chi connectivity index (χ0) is 42.9. The summed E-state index contributed by atoms with van der Waals surface area (Å²) in [5.74, 6) is -2.81. The number of anilines is 2. The minimum Gasteiger partial charge on any atom is -0.459 e. The quantitative estimate of drug-likeness (QED) is 0.0343. The fourth-order valence-electron chi connectivity index (χ4n) is 5.30. The number of aliphatic hydroxyl groups excluding tert-OH is 1. The maximum Gasteiger partial charge on any atom is 0.349 e. The Morgan fingerprint density at radius 2 is 0.948 bits per heavy atom. The molecule has 13 heteroatoms. The highest BCUT2D eigenvalue weighted by atomic mass is 16.6. The summed E-state index contributed by atoms with van der Waals surface area (Å²) < 4.78 is 20.0. The second-order valence-electron chi connectivity index (χ2n) is 13.5. The molecule has 0 bridgehead atoms. The van der Waals surface area contributed by atoms with Crippen molar-refractivity contribution in [3.63, 3.8) is 0 Å². The van der Waals surface area contributed by atoms with Crippen molar-refractivity contribution in [2.75, 3.05) is 62.4 Å². The van der Waals surface area contributed by atoms with Crippen molar-refractivity contribution < 1.29 is 43.2 Å². The number of aliphatic hydroxyl groups is 1. The van der Waals surface area contributed by atoms with Crippen LogP contribution in [0.1, 0.15) is 77.3 Å². The molecule has 0 unspecified atom stereocenters. The largest absolute Gasteiger partial charge is 0.459 e. The van der Waals surface area contributed by atoms with E-state index in [9.17, 15) is 34.8 Å². The highest BCUT2D eigenvalue weighted by molar-refractivity contribution is 5.98. The molecule has 0 atom stereocenters. The van der Waals surface area contributed by atoms with Gasteiger partial charge in [-0.15, -0.1) is 0 Å². The number of ether oxygens (including phenoxy) is 4. The molecule has 0 amide bonds. The van der Waals surface area contributed by atoms with Gasteiger partial charge in [-0.25, -0.2) is 19.2 Å². The average molecular weight is 797 g/mol. The smallest absolute Gasteiger partial charge is 0.349 e. The minimum absolute atomic E-state index is 0.147. The van der Waals surface area contributed by atoms with Gasteiger partial charge in [0.2, 0.25) is 0 Å². The topological polar surface area (TPSA) is 179 Å². The number of carbonyl (C=O) groups excluding carboxylic acids is 4. The lowest BCUT2D eigenvalue weighted by Gasteiger charge is -2.28. The van der Waals surface area contributed by atoms with Crippen LogP contribution in [0.15, 0.2) is 84.0 Å². The lowest BCUT2D eigenvalue weighted by molar-refractivity contribution is -0.147. The fraction of sp³-hybridized carbons (Fsp3) is 0.422. The summed E-state index contributed by atoms with van der Waals surface area (Å²) in [5.41, 5.74) is 3.28. The zero-order valence-electron chi connectivity index (χ0n) is 34.2. The molecule has 0 aliphatic rings. The number of esters is 4. The molecule has 2 rings (SSSR count). The van der Waals surface area contributed by atoms with Crippen molar-refractivity contribution >= 4 is 47.4 Å². The first-order valence-electron chi connectivity index (χ1n) is 19.4. The van der Waals surface area contributed by atoms with Crippen molar-refractivity contribution in [3.8, 4) is 12.1 Å². The number of unbranched alkanes of at least 4 members (excludes halogenated alkanes) is 2. The van der Waals surface area contributed by atoms with E-state index < -0.39 is 30.0 Å². The van der Waals surface area contributed by atoms with Crippen molar-refractivity contribution in [2.24, 2.45) is 0 Å². The molecule has 2 aromatic carbocycles. The summed E-state index contributed by atoms with van der Waals surface area (Å²) in [6, 6.07) is 18.7. The standard InChI is InChI=1S/C45H56N4O9/c1-7-9-21-48(39-15-11-35(12-16-39)29-37(31-46)44(53)57-27-25-55-42(51)33(3)4)23-19-41(50)20-24-49(22-10-8-2)40-17-13-36(14-18-40)30-38(32-47)45(54)58-28-26-56-43(52)34(5)6/h11-18,29-30,41,50H,3,5,7-10,19-28H2,1-2,4,6H3/b37-29+,38-30+. The molecule has 310 valence electrons. The van der Waals surface area contributed by atoms with Crippen LogP contribution in [0.4, 0.5) is 11.4 Å². The Morgan fingerprint density at radius 1 is 0.621 bits per heavy atom. The molecule has 0 aliphatic heterocycles. The molecule has 2 aromatic rings. The third kappa shape index (κ3) is 17.7. The van der Waals surface area contributed by atoms with Crippen LogP contribution in [0.3, 0.4) is 0 Å². The summed E-state index contributed by atoms with van der Waals surface area (Å²) in [6.45, 7) is 16.4. The lowest BCUT2D eigenvalue weighted by atomic mass is 10.1. The van der Waals surface area contributed by atoms with Crippen molar-refractivity contribution in [2.45, 2.75) is 72.3 Å². The van der Waals surface area contributed by atoms with Crippen LogP contribution in [0.5, 0.6) is 0 Å². The van der Waals surface area contributed by atoms with E-state index in [-0.39, 0.29) is 48.7 Å². The highest BCUT2D eigenvalue weighted by Gasteiger charge is 2.16. The Bertz CT molecular complexity index is 1700. The predicted molar refractivity (Wildman–Crippen MR) is 223 cm³/mol. The van der Waals surface area contributed by atoms with Crippen molar-refractivity contribution in [1.29, 1.82) is 10.5 Å². The van der Waals surface area contributed by atoms with Crippen LogP contribution >= 0.6 is 0 Å². The van der Waals surface area contributed by atoms with Crippen LogP contribution in [-0.2, 0) is 38.1 Å². The van der Waals surface area contributed by atoms with Gasteiger partial charge in [0.05, 0.1) is 6.10 Å². The average Bonchev–Trinajstić information content (AvgIpc) is 3.22. The molecule has 0 heterocycles. The number of nitriles is 2. The fourth-order valence-corrected chi connectivity index (χ4v) is 5.30. The van der Waals surface area contributed by atoms with Crippen LogP contribution in [0.25, 0.3) is 12.2 Å². The van der Waals surface area contributed by atoms with Gasteiger partial charge in [-0.2, -0.15) is 10.5 Å². The Labute approximate surface area is 342 Å². The summed E-state index contributed by atoms with van der Waals surface area (Å²) in [6.07, 6.45) is 7.34. The molecular formula is C45H56N4O9. The van der Waals surface area contributed by atoms with Crippen LogP contribution in [0.2, 0.25) is 0 Å². The molecule has 0 spiro atoms. The molecule has 58 heavy (non-hydrogen) atoms. The summed E-state index contributed by atoms with van der Waals surface area (Å²) >= 11 is 0. The molecule has 0 saturated carbocycles. The van der Waals surface area contributed by atoms with Gasteiger partial charge >= 0.3 is 23.9 Å². The Balaban J connectivity index is 2.01. The number of nitrogens with zero attached hydrogens (tertiary/aromatic N) is 4. The normalized spacial score (nSPS) is 11.6. The number of carbonyl (C=O) groups is 4.